The third-order valence-corrected chi connectivity index (χ3v) is 7.56. The van der Waals surface area contributed by atoms with Crippen LogP contribution in [-0.4, -0.2) is 32.9 Å². The number of rotatable bonds is 7. The van der Waals surface area contributed by atoms with E-state index in [2.05, 4.69) is 34.6 Å². The van der Waals surface area contributed by atoms with Crippen LogP contribution in [-0.2, 0) is 16.3 Å². The molecule has 174 valence electrons. The predicted molar refractivity (Wildman–Crippen MR) is 131 cm³/mol. The quantitative estimate of drug-likeness (QED) is 0.377. The van der Waals surface area contributed by atoms with Gasteiger partial charge in [-0.25, -0.2) is 13.4 Å². The minimum atomic E-state index is -3.37. The number of nitrogens with zero attached hydrogens (tertiary/aromatic N) is 1. The van der Waals surface area contributed by atoms with Crippen molar-refractivity contribution < 1.29 is 22.3 Å². The van der Waals surface area contributed by atoms with Crippen molar-refractivity contribution in [2.24, 2.45) is 0 Å². The molecule has 0 saturated heterocycles. The van der Waals surface area contributed by atoms with E-state index in [9.17, 15) is 8.42 Å². The van der Waals surface area contributed by atoms with Crippen molar-refractivity contribution in [2.45, 2.75) is 18.2 Å². The zero-order chi connectivity index (χ0) is 23.7. The summed E-state index contributed by atoms with van der Waals surface area (Å²) in [6, 6.07) is 19.2. The van der Waals surface area contributed by atoms with Gasteiger partial charge in [-0.1, -0.05) is 31.2 Å². The fourth-order valence-corrected chi connectivity index (χ4v) is 4.85. The number of hydrogen-bond acceptors (Lipinski definition) is 7. The predicted octanol–water partition coefficient (Wildman–Crippen LogP) is 5.49. The highest BCUT2D eigenvalue weighted by molar-refractivity contribution is 7.91. The SMILES string of the molecule is CCS(=O)(=O)c1ccc(OC)c(Nc2ncc(-c3cccc(-c4ccc5c(c4)CCO5)c3)o2)c1. The van der Waals surface area contributed by atoms with Gasteiger partial charge in [0.25, 0.3) is 6.01 Å². The Morgan fingerprint density at radius 1 is 1.03 bits per heavy atom. The van der Waals surface area contributed by atoms with Crippen LogP contribution in [0.5, 0.6) is 11.5 Å². The van der Waals surface area contributed by atoms with Gasteiger partial charge in [0.05, 0.1) is 36.2 Å². The van der Waals surface area contributed by atoms with Gasteiger partial charge in [-0.05, 0) is 53.1 Å². The molecule has 1 aromatic heterocycles. The molecule has 5 rings (SSSR count). The van der Waals surface area contributed by atoms with E-state index in [-0.39, 0.29) is 16.7 Å². The van der Waals surface area contributed by atoms with Crippen LogP contribution in [0.3, 0.4) is 0 Å². The third-order valence-electron chi connectivity index (χ3n) is 5.83. The molecular formula is C26H24N2O5S. The number of anilines is 2. The molecule has 0 saturated carbocycles. The van der Waals surface area contributed by atoms with Crippen molar-refractivity contribution in [3.05, 3.63) is 72.4 Å². The molecule has 2 heterocycles. The van der Waals surface area contributed by atoms with E-state index in [1.165, 1.54) is 24.8 Å². The Bertz CT molecular complexity index is 1460. The van der Waals surface area contributed by atoms with Gasteiger partial charge in [-0.3, -0.25) is 0 Å². The molecule has 4 aromatic rings. The molecule has 0 fully saturated rings. The maximum absolute atomic E-state index is 12.3. The minimum Gasteiger partial charge on any atom is -0.495 e. The summed E-state index contributed by atoms with van der Waals surface area (Å²) in [6.45, 7) is 2.34. The second-order valence-corrected chi connectivity index (χ2v) is 10.2. The van der Waals surface area contributed by atoms with E-state index in [1.54, 1.807) is 19.2 Å². The zero-order valence-corrected chi connectivity index (χ0v) is 19.7. The van der Waals surface area contributed by atoms with Crippen molar-refractivity contribution in [2.75, 3.05) is 24.8 Å². The lowest BCUT2D eigenvalue weighted by Crippen LogP contribution is -2.05. The first-order valence-electron chi connectivity index (χ1n) is 11.0. The van der Waals surface area contributed by atoms with Gasteiger partial charge in [0, 0.05) is 12.0 Å². The molecule has 1 aliphatic heterocycles. The van der Waals surface area contributed by atoms with Crippen LogP contribution >= 0.6 is 0 Å². The van der Waals surface area contributed by atoms with Crippen molar-refractivity contribution in [3.63, 3.8) is 0 Å². The number of nitrogens with one attached hydrogen (secondary N) is 1. The van der Waals surface area contributed by atoms with Crippen LogP contribution in [0, 0.1) is 0 Å². The molecule has 0 amide bonds. The number of hydrogen-bond donors (Lipinski definition) is 1. The van der Waals surface area contributed by atoms with E-state index in [0.29, 0.717) is 17.2 Å². The van der Waals surface area contributed by atoms with E-state index < -0.39 is 9.84 Å². The summed E-state index contributed by atoms with van der Waals surface area (Å²) < 4.78 is 41.5. The molecule has 0 spiro atoms. The summed E-state index contributed by atoms with van der Waals surface area (Å²) in [4.78, 5) is 4.53. The average molecular weight is 477 g/mol. The largest absolute Gasteiger partial charge is 0.495 e. The highest BCUT2D eigenvalue weighted by Gasteiger charge is 2.17. The first kappa shape index (κ1) is 22.0. The Labute approximate surface area is 198 Å². The van der Waals surface area contributed by atoms with Crippen LogP contribution in [0.15, 0.2) is 76.2 Å². The van der Waals surface area contributed by atoms with Crippen molar-refractivity contribution in [3.8, 4) is 33.9 Å². The summed E-state index contributed by atoms with van der Waals surface area (Å²) in [7, 11) is -1.85. The smallest absolute Gasteiger partial charge is 0.299 e. The Balaban J connectivity index is 1.42. The normalized spacial score (nSPS) is 12.8. The van der Waals surface area contributed by atoms with Gasteiger partial charge in [0.1, 0.15) is 11.5 Å². The summed E-state index contributed by atoms with van der Waals surface area (Å²) in [5.74, 6) is 2.04. The fraction of sp³-hybridized carbons (Fsp3) is 0.192. The number of fused-ring (bicyclic) bond motifs is 1. The molecule has 8 heteroatoms. The van der Waals surface area contributed by atoms with Crippen LogP contribution < -0.4 is 14.8 Å². The summed E-state index contributed by atoms with van der Waals surface area (Å²) >= 11 is 0. The number of ether oxygens (including phenoxy) is 2. The maximum atomic E-state index is 12.3. The molecule has 0 aliphatic carbocycles. The molecule has 0 bridgehead atoms. The zero-order valence-electron chi connectivity index (χ0n) is 18.9. The van der Waals surface area contributed by atoms with Gasteiger partial charge in [-0.15, -0.1) is 0 Å². The number of methoxy groups -OCH3 is 1. The van der Waals surface area contributed by atoms with Crippen LogP contribution in [0.2, 0.25) is 0 Å². The molecule has 7 nitrogen and oxygen atoms in total. The molecule has 1 N–H and O–H groups in total. The van der Waals surface area contributed by atoms with Gasteiger partial charge >= 0.3 is 0 Å². The monoisotopic (exact) mass is 476 g/mol. The first-order valence-corrected chi connectivity index (χ1v) is 12.6. The highest BCUT2D eigenvalue weighted by atomic mass is 32.2. The topological polar surface area (TPSA) is 90.7 Å². The second kappa shape index (κ2) is 8.87. The van der Waals surface area contributed by atoms with Gasteiger partial charge in [0.2, 0.25) is 0 Å². The Kier molecular flexibility index (Phi) is 5.75. The Morgan fingerprint density at radius 2 is 1.85 bits per heavy atom. The summed E-state index contributed by atoms with van der Waals surface area (Å²) in [5, 5.41) is 3.04. The van der Waals surface area contributed by atoms with Crippen LogP contribution in [0.25, 0.3) is 22.5 Å². The van der Waals surface area contributed by atoms with Crippen molar-refractivity contribution in [1.82, 2.24) is 4.98 Å². The van der Waals surface area contributed by atoms with E-state index in [4.69, 9.17) is 13.9 Å². The molecule has 0 radical (unpaired) electrons. The van der Waals surface area contributed by atoms with Gasteiger partial charge in [-0.2, -0.15) is 0 Å². The summed E-state index contributed by atoms with van der Waals surface area (Å²) in [5.41, 5.74) is 4.74. The number of aromatic nitrogens is 1. The van der Waals surface area contributed by atoms with Crippen molar-refractivity contribution >= 4 is 21.5 Å². The molecule has 3 aromatic carbocycles. The van der Waals surface area contributed by atoms with Crippen LogP contribution in [0.1, 0.15) is 12.5 Å². The third kappa shape index (κ3) is 4.24. The molecule has 0 atom stereocenters. The number of benzene rings is 3. The second-order valence-electron chi connectivity index (χ2n) is 7.92. The van der Waals surface area contributed by atoms with E-state index in [1.807, 2.05) is 18.2 Å². The minimum absolute atomic E-state index is 0.00943. The van der Waals surface area contributed by atoms with Gasteiger partial charge < -0.3 is 19.2 Å². The van der Waals surface area contributed by atoms with E-state index in [0.717, 1.165) is 35.5 Å². The lowest BCUT2D eigenvalue weighted by molar-refractivity contribution is 0.357. The number of oxazole rings is 1. The molecule has 1 aliphatic rings. The van der Waals surface area contributed by atoms with Crippen LogP contribution in [0.4, 0.5) is 11.7 Å². The molecule has 34 heavy (non-hydrogen) atoms. The Morgan fingerprint density at radius 3 is 2.68 bits per heavy atom. The lowest BCUT2D eigenvalue weighted by atomic mass is 10.00. The Hall–Kier alpha value is -3.78. The summed E-state index contributed by atoms with van der Waals surface area (Å²) in [6.07, 6.45) is 2.56. The lowest BCUT2D eigenvalue weighted by Gasteiger charge is -2.11. The van der Waals surface area contributed by atoms with Crippen molar-refractivity contribution in [1.29, 1.82) is 0 Å². The van der Waals surface area contributed by atoms with Gasteiger partial charge in [0.15, 0.2) is 15.6 Å². The number of sulfone groups is 1. The average Bonchev–Trinajstić information content (AvgIpc) is 3.53. The first-order chi connectivity index (χ1) is 16.5. The standard InChI is InChI=1S/C26H24N2O5S/c1-3-34(29,30)21-8-10-24(31-2)22(15-21)28-26-27-16-25(33-26)19-6-4-5-17(13-19)18-7-9-23-20(14-18)11-12-32-23/h4-10,13-16H,3,11-12H2,1-2H3,(H,27,28). The molecule has 0 unspecified atom stereocenters. The fourth-order valence-electron chi connectivity index (χ4n) is 3.94. The maximum Gasteiger partial charge on any atom is 0.299 e. The molecular weight excluding hydrogens is 452 g/mol. The van der Waals surface area contributed by atoms with E-state index >= 15 is 0 Å². The highest BCUT2D eigenvalue weighted by Crippen LogP contribution is 2.34.